The first-order chi connectivity index (χ1) is 8.02. The molecule has 0 spiro atoms. The Morgan fingerprint density at radius 1 is 1.53 bits per heavy atom. The van der Waals surface area contributed by atoms with Crippen LogP contribution in [0.3, 0.4) is 0 Å². The molecule has 0 bridgehead atoms. The Hall–Kier alpha value is -0.940. The lowest BCUT2D eigenvalue weighted by molar-refractivity contribution is -0.123. The summed E-state index contributed by atoms with van der Waals surface area (Å²) in [7, 11) is 1.67. The molecule has 96 valence electrons. The fourth-order valence-corrected chi connectivity index (χ4v) is 2.39. The van der Waals surface area contributed by atoms with E-state index in [0.717, 1.165) is 11.4 Å². The Balaban J connectivity index is 2.51. The predicted octanol–water partition coefficient (Wildman–Crippen LogP) is 1.70. The summed E-state index contributed by atoms with van der Waals surface area (Å²) in [5.74, 6) is 0.549. The zero-order valence-corrected chi connectivity index (χ0v) is 11.7. The average Bonchev–Trinajstić information content (AvgIpc) is 2.68. The summed E-state index contributed by atoms with van der Waals surface area (Å²) in [6.45, 7) is 6.93. The molecule has 0 aliphatic carbocycles. The van der Waals surface area contributed by atoms with Crippen molar-refractivity contribution in [3.63, 3.8) is 0 Å². The van der Waals surface area contributed by atoms with Gasteiger partial charge in [0.15, 0.2) is 0 Å². The van der Waals surface area contributed by atoms with E-state index >= 15 is 0 Å². The lowest BCUT2D eigenvalue weighted by atomic mass is 10.0. The third-order valence-corrected chi connectivity index (χ3v) is 3.37. The fourth-order valence-electron chi connectivity index (χ4n) is 1.64. The van der Waals surface area contributed by atoms with E-state index in [4.69, 9.17) is 0 Å². The summed E-state index contributed by atoms with van der Waals surface area (Å²) < 4.78 is 0. The SMILES string of the molecule is CNC(=O)C(CC(C)C)NCc1cnc(C)s1. The average molecular weight is 255 g/mol. The molecule has 1 aromatic rings. The Kier molecular flexibility index (Phi) is 5.58. The molecule has 1 rings (SSSR count). The van der Waals surface area contributed by atoms with Crippen molar-refractivity contribution in [3.05, 3.63) is 16.1 Å². The number of amides is 1. The molecule has 1 atom stereocenters. The number of rotatable bonds is 6. The second-order valence-electron chi connectivity index (χ2n) is 4.52. The molecule has 1 aromatic heterocycles. The van der Waals surface area contributed by atoms with E-state index in [1.807, 2.05) is 13.1 Å². The van der Waals surface area contributed by atoms with Gasteiger partial charge in [-0.05, 0) is 19.3 Å². The molecule has 0 aromatic carbocycles. The third kappa shape index (κ3) is 4.83. The van der Waals surface area contributed by atoms with Crippen LogP contribution >= 0.6 is 11.3 Å². The lowest BCUT2D eigenvalue weighted by Gasteiger charge is -2.18. The molecular weight excluding hydrogens is 234 g/mol. The lowest BCUT2D eigenvalue weighted by Crippen LogP contribution is -2.43. The van der Waals surface area contributed by atoms with Crippen LogP contribution in [0.4, 0.5) is 0 Å². The molecule has 0 aliphatic heterocycles. The van der Waals surface area contributed by atoms with Gasteiger partial charge in [0.2, 0.25) is 5.91 Å². The van der Waals surface area contributed by atoms with Crippen molar-refractivity contribution in [1.29, 1.82) is 0 Å². The number of carbonyl (C=O) groups is 1. The largest absolute Gasteiger partial charge is 0.358 e. The minimum atomic E-state index is -0.123. The number of thiazole rings is 1. The van der Waals surface area contributed by atoms with Crippen LogP contribution < -0.4 is 10.6 Å². The number of carbonyl (C=O) groups excluding carboxylic acids is 1. The highest BCUT2D eigenvalue weighted by Gasteiger charge is 2.17. The maximum absolute atomic E-state index is 11.7. The van der Waals surface area contributed by atoms with Crippen LogP contribution in [0.2, 0.25) is 0 Å². The maximum atomic E-state index is 11.7. The van der Waals surface area contributed by atoms with Crippen molar-refractivity contribution in [3.8, 4) is 0 Å². The van der Waals surface area contributed by atoms with Crippen LogP contribution in [0, 0.1) is 12.8 Å². The van der Waals surface area contributed by atoms with E-state index < -0.39 is 0 Å². The van der Waals surface area contributed by atoms with E-state index in [1.165, 1.54) is 4.88 Å². The van der Waals surface area contributed by atoms with Crippen molar-refractivity contribution >= 4 is 17.2 Å². The van der Waals surface area contributed by atoms with E-state index in [0.29, 0.717) is 12.5 Å². The normalized spacial score (nSPS) is 12.8. The van der Waals surface area contributed by atoms with Gasteiger partial charge < -0.3 is 10.6 Å². The van der Waals surface area contributed by atoms with Crippen molar-refractivity contribution in [2.45, 2.75) is 39.8 Å². The molecule has 1 unspecified atom stereocenters. The summed E-state index contributed by atoms with van der Waals surface area (Å²) in [5, 5.41) is 7.05. The minimum absolute atomic E-state index is 0.0555. The highest BCUT2D eigenvalue weighted by molar-refractivity contribution is 7.11. The second kappa shape index (κ2) is 6.71. The van der Waals surface area contributed by atoms with Crippen molar-refractivity contribution in [2.75, 3.05) is 7.05 Å². The Morgan fingerprint density at radius 3 is 2.71 bits per heavy atom. The van der Waals surface area contributed by atoms with E-state index in [-0.39, 0.29) is 11.9 Å². The summed E-state index contributed by atoms with van der Waals surface area (Å²) in [6, 6.07) is -0.123. The molecule has 0 saturated carbocycles. The van der Waals surface area contributed by atoms with E-state index in [9.17, 15) is 4.79 Å². The molecule has 0 aliphatic rings. The highest BCUT2D eigenvalue weighted by Crippen LogP contribution is 2.12. The number of nitrogens with zero attached hydrogens (tertiary/aromatic N) is 1. The molecule has 2 N–H and O–H groups in total. The topological polar surface area (TPSA) is 54.0 Å². The molecule has 0 radical (unpaired) electrons. The van der Waals surface area contributed by atoms with Gasteiger partial charge in [-0.1, -0.05) is 13.8 Å². The van der Waals surface area contributed by atoms with E-state index in [1.54, 1.807) is 18.4 Å². The molecule has 0 saturated heterocycles. The van der Waals surface area contributed by atoms with Crippen LogP contribution in [0.15, 0.2) is 6.20 Å². The van der Waals surface area contributed by atoms with Crippen LogP contribution in [0.25, 0.3) is 0 Å². The zero-order chi connectivity index (χ0) is 12.8. The quantitative estimate of drug-likeness (QED) is 0.813. The summed E-state index contributed by atoms with van der Waals surface area (Å²) in [5.41, 5.74) is 0. The molecular formula is C12H21N3OS. The summed E-state index contributed by atoms with van der Waals surface area (Å²) in [4.78, 5) is 17.1. The van der Waals surface area contributed by atoms with Crippen molar-refractivity contribution in [2.24, 2.45) is 5.92 Å². The minimum Gasteiger partial charge on any atom is -0.358 e. The molecule has 5 heteroatoms. The maximum Gasteiger partial charge on any atom is 0.236 e. The first-order valence-electron chi connectivity index (χ1n) is 5.89. The molecule has 4 nitrogen and oxygen atoms in total. The van der Waals surface area contributed by atoms with Gasteiger partial charge in [0.05, 0.1) is 11.0 Å². The van der Waals surface area contributed by atoms with Gasteiger partial charge in [-0.25, -0.2) is 4.98 Å². The van der Waals surface area contributed by atoms with Gasteiger partial charge in [-0.2, -0.15) is 0 Å². The standard InChI is InChI=1S/C12H21N3OS/c1-8(2)5-11(12(16)13-4)15-7-10-6-14-9(3)17-10/h6,8,11,15H,5,7H2,1-4H3,(H,13,16). The number of nitrogens with one attached hydrogen (secondary N) is 2. The molecule has 17 heavy (non-hydrogen) atoms. The van der Waals surface area contributed by atoms with Crippen molar-refractivity contribution < 1.29 is 4.79 Å². The summed E-state index contributed by atoms with van der Waals surface area (Å²) in [6.07, 6.45) is 2.71. The number of hydrogen-bond donors (Lipinski definition) is 2. The highest BCUT2D eigenvalue weighted by atomic mass is 32.1. The zero-order valence-electron chi connectivity index (χ0n) is 10.9. The molecule has 1 amide bonds. The van der Waals surface area contributed by atoms with Gasteiger partial charge in [0, 0.05) is 24.7 Å². The first kappa shape index (κ1) is 14.1. The Bertz CT molecular complexity index is 362. The monoisotopic (exact) mass is 255 g/mol. The smallest absolute Gasteiger partial charge is 0.236 e. The second-order valence-corrected chi connectivity index (χ2v) is 5.84. The van der Waals surface area contributed by atoms with Crippen LogP contribution in [-0.2, 0) is 11.3 Å². The Labute approximate surface area is 107 Å². The summed E-state index contributed by atoms with van der Waals surface area (Å²) >= 11 is 1.66. The van der Waals surface area contributed by atoms with Gasteiger partial charge in [0.1, 0.15) is 0 Å². The van der Waals surface area contributed by atoms with Gasteiger partial charge in [0.25, 0.3) is 0 Å². The first-order valence-corrected chi connectivity index (χ1v) is 6.71. The number of hydrogen-bond acceptors (Lipinski definition) is 4. The van der Waals surface area contributed by atoms with Crippen LogP contribution in [0.5, 0.6) is 0 Å². The number of aryl methyl sites for hydroxylation is 1. The number of likely N-dealkylation sites (N-methyl/N-ethyl adjacent to an activating group) is 1. The molecule has 1 heterocycles. The van der Waals surface area contributed by atoms with E-state index in [2.05, 4.69) is 29.5 Å². The van der Waals surface area contributed by atoms with Gasteiger partial charge in [-0.3, -0.25) is 4.79 Å². The van der Waals surface area contributed by atoms with Gasteiger partial charge in [-0.15, -0.1) is 11.3 Å². The van der Waals surface area contributed by atoms with Crippen molar-refractivity contribution in [1.82, 2.24) is 15.6 Å². The Morgan fingerprint density at radius 2 is 2.24 bits per heavy atom. The third-order valence-electron chi connectivity index (χ3n) is 2.46. The fraction of sp³-hybridized carbons (Fsp3) is 0.667. The molecule has 0 fully saturated rings. The van der Waals surface area contributed by atoms with Crippen LogP contribution in [-0.4, -0.2) is 24.0 Å². The van der Waals surface area contributed by atoms with Crippen LogP contribution in [0.1, 0.15) is 30.2 Å². The van der Waals surface area contributed by atoms with Gasteiger partial charge >= 0.3 is 0 Å². The number of aromatic nitrogens is 1. The predicted molar refractivity (Wildman–Crippen MR) is 71.0 cm³/mol.